The normalized spacial score (nSPS) is 11.9. The van der Waals surface area contributed by atoms with Gasteiger partial charge in [-0.3, -0.25) is 19.4 Å². The highest BCUT2D eigenvalue weighted by Crippen LogP contribution is 2.39. The summed E-state index contributed by atoms with van der Waals surface area (Å²) in [6, 6.07) is 6.35. The van der Waals surface area contributed by atoms with E-state index in [9.17, 15) is 19.6 Å². The van der Waals surface area contributed by atoms with E-state index in [-0.39, 0.29) is 39.7 Å². The van der Waals surface area contributed by atoms with Crippen LogP contribution in [-0.2, 0) is 0 Å². The number of carbonyl (C=O) groups excluding carboxylic acids is 2. The van der Waals surface area contributed by atoms with Gasteiger partial charge >= 0.3 is 0 Å². The number of azo groups is 1. The van der Waals surface area contributed by atoms with Crippen LogP contribution in [0, 0.1) is 11.3 Å². The number of carbonyl (C=O) groups is 2. The minimum Gasteiger partial charge on any atom is -0.493 e. The fraction of sp³-hybridized carbons (Fsp3) is 0.364. The van der Waals surface area contributed by atoms with Crippen molar-refractivity contribution in [1.29, 1.82) is 5.26 Å². The molecule has 0 saturated heterocycles. The number of nitriles is 1. The molecule has 1 N–H and O–H groups in total. The van der Waals surface area contributed by atoms with Crippen LogP contribution < -0.4 is 15.0 Å². The molecule has 0 atom stereocenters. The molecule has 0 spiro atoms. The zero-order valence-electron chi connectivity index (χ0n) is 20.0. The summed E-state index contributed by atoms with van der Waals surface area (Å²) >= 11 is 0. The zero-order valence-corrected chi connectivity index (χ0v) is 20.0. The van der Waals surface area contributed by atoms with Gasteiger partial charge in [-0.1, -0.05) is 33.8 Å². The summed E-state index contributed by atoms with van der Waals surface area (Å²) in [6.07, 6.45) is 0. The van der Waals surface area contributed by atoms with E-state index in [4.69, 9.17) is 9.47 Å². The van der Waals surface area contributed by atoms with Crippen LogP contribution >= 0.6 is 0 Å². The number of aromatic nitrogens is 1. The van der Waals surface area contributed by atoms with E-state index < -0.39 is 17.4 Å². The van der Waals surface area contributed by atoms with E-state index in [0.29, 0.717) is 0 Å². The number of aromatic amines is 1. The van der Waals surface area contributed by atoms with Crippen LogP contribution in [0.15, 0.2) is 33.2 Å². The quantitative estimate of drug-likeness (QED) is 0.533. The average Bonchev–Trinajstić information content (AvgIpc) is 3.10. The van der Waals surface area contributed by atoms with Crippen molar-refractivity contribution in [2.75, 3.05) is 28.3 Å². The monoisotopic (exact) mass is 456 g/mol. The first-order valence-corrected chi connectivity index (χ1v) is 10.2. The highest BCUT2D eigenvalue weighted by molar-refractivity contribution is 6.23. The Labute approximate surface area is 192 Å². The molecule has 11 heteroatoms. The Balaban J connectivity index is 0.00000129. The Kier molecular flexibility index (Phi) is 9.91. The average molecular weight is 457 g/mol. The molecule has 0 saturated carbocycles. The van der Waals surface area contributed by atoms with Crippen molar-refractivity contribution in [1.82, 2.24) is 15.0 Å². The number of nitrogens with one attached hydrogen (secondary N) is 1. The van der Waals surface area contributed by atoms with Crippen molar-refractivity contribution in [3.8, 4) is 17.7 Å². The van der Waals surface area contributed by atoms with Crippen molar-refractivity contribution in [2.24, 2.45) is 10.2 Å². The van der Waals surface area contributed by atoms with Crippen LogP contribution in [0.5, 0.6) is 11.6 Å². The Hall–Kier alpha value is -4.04. The third-order valence-electron chi connectivity index (χ3n) is 4.16. The maximum absolute atomic E-state index is 12.7. The summed E-state index contributed by atoms with van der Waals surface area (Å²) in [5.74, 6) is -1.21. The molecule has 11 nitrogen and oxygen atoms in total. The number of benzene rings is 1. The predicted molar refractivity (Wildman–Crippen MR) is 122 cm³/mol. The number of amides is 2. The number of fused-ring (bicyclic) bond motifs is 1. The van der Waals surface area contributed by atoms with Gasteiger partial charge in [-0.2, -0.15) is 5.26 Å². The number of rotatable bonds is 5. The first-order chi connectivity index (χ1) is 15.8. The maximum atomic E-state index is 12.7. The van der Waals surface area contributed by atoms with Gasteiger partial charge in [-0.15, -0.1) is 10.2 Å². The SMILES string of the molecule is CC.CC.COc1[nH]c(=O)c(C#N)c(OC)c1N=Nc1cccc2c1C(=O)N(N(C)C)C2=O. The van der Waals surface area contributed by atoms with E-state index in [1.807, 2.05) is 27.7 Å². The fourth-order valence-corrected chi connectivity index (χ4v) is 2.89. The van der Waals surface area contributed by atoms with Crippen molar-refractivity contribution >= 4 is 23.2 Å². The van der Waals surface area contributed by atoms with E-state index >= 15 is 0 Å². The molecule has 33 heavy (non-hydrogen) atoms. The van der Waals surface area contributed by atoms with Gasteiger partial charge in [0.05, 0.1) is 31.0 Å². The Bertz CT molecular complexity index is 1150. The number of pyridine rings is 1. The lowest BCUT2D eigenvalue weighted by molar-refractivity contribution is 0.0234. The highest BCUT2D eigenvalue weighted by atomic mass is 16.5. The molecule has 1 aromatic carbocycles. The second-order valence-electron chi connectivity index (χ2n) is 6.03. The van der Waals surface area contributed by atoms with E-state index in [0.717, 1.165) is 5.01 Å². The Morgan fingerprint density at radius 1 is 1.00 bits per heavy atom. The minimum atomic E-state index is -0.705. The lowest BCUT2D eigenvalue weighted by atomic mass is 10.1. The summed E-state index contributed by atoms with van der Waals surface area (Å²) in [5, 5.41) is 19.7. The van der Waals surface area contributed by atoms with Gasteiger partial charge in [-0.25, -0.2) is 10.0 Å². The molecule has 0 aliphatic carbocycles. The minimum absolute atomic E-state index is 0.0370. The lowest BCUT2D eigenvalue weighted by Gasteiger charge is -2.20. The van der Waals surface area contributed by atoms with Crippen LogP contribution in [0.25, 0.3) is 0 Å². The topological polar surface area (TPSA) is 140 Å². The molecule has 2 heterocycles. The number of H-pyrrole nitrogens is 1. The third-order valence-corrected chi connectivity index (χ3v) is 4.16. The van der Waals surface area contributed by atoms with Gasteiger partial charge in [0.25, 0.3) is 17.4 Å². The molecule has 0 radical (unpaired) electrons. The molecule has 1 aromatic heterocycles. The second-order valence-corrected chi connectivity index (χ2v) is 6.03. The van der Waals surface area contributed by atoms with Gasteiger partial charge < -0.3 is 9.47 Å². The van der Waals surface area contributed by atoms with Crippen LogP contribution in [0.4, 0.5) is 11.4 Å². The van der Waals surface area contributed by atoms with Gasteiger partial charge in [0.15, 0.2) is 17.0 Å². The molecule has 2 amide bonds. The van der Waals surface area contributed by atoms with Crippen molar-refractivity contribution in [3.05, 3.63) is 45.2 Å². The lowest BCUT2D eigenvalue weighted by Crippen LogP contribution is -2.41. The fourth-order valence-electron chi connectivity index (χ4n) is 2.89. The smallest absolute Gasteiger partial charge is 0.278 e. The number of imide groups is 1. The number of hydrogen-bond acceptors (Lipinski definition) is 9. The van der Waals surface area contributed by atoms with Crippen LogP contribution in [0.3, 0.4) is 0 Å². The number of hydrogen-bond donors (Lipinski definition) is 1. The van der Waals surface area contributed by atoms with Crippen LogP contribution in [0.1, 0.15) is 54.0 Å². The first-order valence-electron chi connectivity index (χ1n) is 10.2. The number of hydrazine groups is 1. The van der Waals surface area contributed by atoms with Crippen molar-refractivity contribution in [2.45, 2.75) is 27.7 Å². The van der Waals surface area contributed by atoms with Gasteiger partial charge in [-0.05, 0) is 12.1 Å². The first kappa shape index (κ1) is 27.0. The third kappa shape index (κ3) is 5.07. The van der Waals surface area contributed by atoms with Gasteiger partial charge in [0.1, 0.15) is 6.07 Å². The maximum Gasteiger partial charge on any atom is 0.278 e. The number of ether oxygens (including phenoxy) is 2. The summed E-state index contributed by atoms with van der Waals surface area (Å²) in [7, 11) is 5.71. The summed E-state index contributed by atoms with van der Waals surface area (Å²) in [6.45, 7) is 8.00. The number of nitrogens with zero attached hydrogens (tertiary/aromatic N) is 5. The van der Waals surface area contributed by atoms with Crippen LogP contribution in [-0.4, -0.2) is 55.1 Å². The summed E-state index contributed by atoms with van der Waals surface area (Å²) in [4.78, 5) is 39.5. The largest absolute Gasteiger partial charge is 0.493 e. The number of methoxy groups -OCH3 is 2. The standard InChI is InChI=1S/C18H16N6O5.2C2H6/c1-23(2)24-17(26)9-6-5-7-11(12(9)18(24)27)21-22-13-14(28-3)10(8-19)15(25)20-16(13)29-4;2*1-2/h5-7H,1-4H3,(H,20,25);2*1-2H3. The molecular weight excluding hydrogens is 428 g/mol. The molecule has 1 aliphatic heterocycles. The van der Waals surface area contributed by atoms with Crippen molar-refractivity contribution < 1.29 is 19.1 Å². The van der Waals surface area contributed by atoms with Gasteiger partial charge in [0.2, 0.25) is 5.88 Å². The molecular formula is C22H28N6O5. The molecule has 1 aliphatic rings. The van der Waals surface area contributed by atoms with Gasteiger partial charge in [0, 0.05) is 14.1 Å². The highest BCUT2D eigenvalue weighted by Gasteiger charge is 2.39. The Morgan fingerprint density at radius 2 is 1.64 bits per heavy atom. The van der Waals surface area contributed by atoms with Crippen LogP contribution in [0.2, 0.25) is 0 Å². The predicted octanol–water partition coefficient (Wildman–Crippen LogP) is 3.80. The summed E-state index contributed by atoms with van der Waals surface area (Å²) < 4.78 is 10.2. The van der Waals surface area contributed by atoms with Crippen molar-refractivity contribution in [3.63, 3.8) is 0 Å². The molecule has 176 valence electrons. The zero-order chi connectivity index (χ0) is 25.3. The Morgan fingerprint density at radius 3 is 2.15 bits per heavy atom. The molecule has 0 fully saturated rings. The molecule has 3 rings (SSSR count). The summed E-state index contributed by atoms with van der Waals surface area (Å²) in [5.41, 5.74) is -0.617. The van der Waals surface area contributed by atoms with E-state index in [2.05, 4.69) is 15.2 Å². The molecule has 0 unspecified atom stereocenters. The second kappa shape index (κ2) is 12.1. The molecule has 0 bridgehead atoms. The molecule has 2 aromatic rings. The van der Waals surface area contributed by atoms with E-state index in [1.165, 1.54) is 31.4 Å². The van der Waals surface area contributed by atoms with E-state index in [1.54, 1.807) is 26.2 Å².